The van der Waals surface area contributed by atoms with Gasteiger partial charge in [-0.05, 0) is 90.9 Å². The van der Waals surface area contributed by atoms with Gasteiger partial charge in [0.2, 0.25) is 0 Å². The Labute approximate surface area is 178 Å². The van der Waals surface area contributed by atoms with Gasteiger partial charge >= 0.3 is 0 Å². The lowest BCUT2D eigenvalue weighted by Gasteiger charge is -2.50. The van der Waals surface area contributed by atoms with E-state index in [-0.39, 0.29) is 11.5 Å². The number of phenols is 1. The van der Waals surface area contributed by atoms with Crippen LogP contribution < -0.4 is 0 Å². The zero-order valence-electron chi connectivity index (χ0n) is 18.7. The smallest absolute Gasteiger partial charge is 0.115 e. The molecule has 2 heteroatoms. The number of benzene rings is 1. The van der Waals surface area contributed by atoms with Gasteiger partial charge < -0.3 is 10.2 Å². The Hall–Kier alpha value is -1.02. The Morgan fingerprint density at radius 2 is 1.79 bits per heavy atom. The molecule has 2 saturated carbocycles. The summed E-state index contributed by atoms with van der Waals surface area (Å²) in [4.78, 5) is 0. The molecule has 0 bridgehead atoms. The fourth-order valence-corrected chi connectivity index (χ4v) is 7.36. The molecular weight excluding hydrogens is 356 g/mol. The molecule has 0 unspecified atom stereocenters. The van der Waals surface area contributed by atoms with E-state index in [9.17, 15) is 10.2 Å². The van der Waals surface area contributed by atoms with Crippen LogP contribution in [-0.2, 0) is 6.42 Å². The maximum Gasteiger partial charge on any atom is 0.115 e. The minimum atomic E-state index is -0.102. The number of unbranched alkanes of at least 4 members (excludes halogenated alkanes) is 6. The van der Waals surface area contributed by atoms with Crippen LogP contribution in [0.5, 0.6) is 5.75 Å². The highest BCUT2D eigenvalue weighted by atomic mass is 16.3. The van der Waals surface area contributed by atoms with Crippen LogP contribution in [0.25, 0.3) is 0 Å². The summed E-state index contributed by atoms with van der Waals surface area (Å²) in [7, 11) is 0. The average Bonchev–Trinajstić information content (AvgIpc) is 2.97. The number of fused-ring (bicyclic) bond motifs is 5. The van der Waals surface area contributed by atoms with Gasteiger partial charge in [0, 0.05) is 0 Å². The van der Waals surface area contributed by atoms with Crippen LogP contribution in [0.15, 0.2) is 18.2 Å². The predicted molar refractivity (Wildman–Crippen MR) is 120 cm³/mol. The molecule has 29 heavy (non-hydrogen) atoms. The predicted octanol–water partition coefficient (Wildman–Crippen LogP) is 6.98. The summed E-state index contributed by atoms with van der Waals surface area (Å²) in [5.41, 5.74) is 2.99. The van der Waals surface area contributed by atoms with Crippen molar-refractivity contribution in [2.45, 2.75) is 109 Å². The minimum absolute atomic E-state index is 0.102. The van der Waals surface area contributed by atoms with Crippen molar-refractivity contribution in [1.29, 1.82) is 0 Å². The summed E-state index contributed by atoms with van der Waals surface area (Å²) in [6.45, 7) is 4.68. The van der Waals surface area contributed by atoms with Crippen molar-refractivity contribution in [1.82, 2.24) is 0 Å². The number of rotatable bonds is 8. The lowest BCUT2D eigenvalue weighted by molar-refractivity contribution is -0.0335. The van der Waals surface area contributed by atoms with Gasteiger partial charge in [0.05, 0.1) is 6.10 Å². The van der Waals surface area contributed by atoms with Gasteiger partial charge in [0.1, 0.15) is 5.75 Å². The number of aliphatic hydroxyl groups excluding tert-OH is 1. The molecule has 0 saturated heterocycles. The van der Waals surface area contributed by atoms with Gasteiger partial charge in [0.25, 0.3) is 0 Å². The van der Waals surface area contributed by atoms with Crippen molar-refractivity contribution >= 4 is 0 Å². The highest BCUT2D eigenvalue weighted by Gasteiger charge is 2.57. The van der Waals surface area contributed by atoms with Gasteiger partial charge in [-0.25, -0.2) is 0 Å². The van der Waals surface area contributed by atoms with Crippen LogP contribution in [0.1, 0.15) is 108 Å². The van der Waals surface area contributed by atoms with Crippen molar-refractivity contribution in [3.63, 3.8) is 0 Å². The number of phenolic OH excluding ortho intramolecular Hbond substituents is 1. The van der Waals surface area contributed by atoms with Crippen molar-refractivity contribution in [3.8, 4) is 5.75 Å². The van der Waals surface area contributed by atoms with E-state index >= 15 is 0 Å². The number of aliphatic hydroxyl groups is 1. The summed E-state index contributed by atoms with van der Waals surface area (Å²) < 4.78 is 0. The van der Waals surface area contributed by atoms with E-state index in [0.717, 1.165) is 18.8 Å². The fourth-order valence-electron chi connectivity index (χ4n) is 7.36. The normalized spacial score (nSPS) is 35.8. The Morgan fingerprint density at radius 3 is 2.59 bits per heavy atom. The van der Waals surface area contributed by atoms with Gasteiger partial charge in [-0.2, -0.15) is 0 Å². The maximum atomic E-state index is 11.3. The number of hydrogen-bond acceptors (Lipinski definition) is 2. The van der Waals surface area contributed by atoms with Gasteiger partial charge in [-0.1, -0.05) is 64.9 Å². The quantitative estimate of drug-likeness (QED) is 0.464. The average molecular weight is 399 g/mol. The van der Waals surface area contributed by atoms with Crippen LogP contribution in [0, 0.1) is 23.2 Å². The van der Waals surface area contributed by atoms with Gasteiger partial charge in [-0.3, -0.25) is 0 Å². The van der Waals surface area contributed by atoms with Crippen LogP contribution in [0.3, 0.4) is 0 Å². The first-order valence-corrected chi connectivity index (χ1v) is 12.5. The summed E-state index contributed by atoms with van der Waals surface area (Å²) in [6, 6.07) is 6.06. The van der Waals surface area contributed by atoms with Crippen molar-refractivity contribution in [2.24, 2.45) is 23.2 Å². The van der Waals surface area contributed by atoms with E-state index in [1.165, 1.54) is 81.8 Å². The van der Waals surface area contributed by atoms with E-state index in [2.05, 4.69) is 19.9 Å². The van der Waals surface area contributed by atoms with E-state index in [4.69, 9.17) is 0 Å². The Kier molecular flexibility index (Phi) is 6.59. The molecule has 3 aliphatic carbocycles. The lowest BCUT2D eigenvalue weighted by Crippen LogP contribution is -2.44. The SMILES string of the molecule is CCCCCCCCC[C@H]1C[C@H]2[C@@H]3CCc4cc(O)ccc4[C@H]3CC[C@]2(C)[C@H]1O. The lowest BCUT2D eigenvalue weighted by atomic mass is 9.55. The first-order valence-electron chi connectivity index (χ1n) is 12.5. The Morgan fingerprint density at radius 1 is 1.03 bits per heavy atom. The molecule has 1 aromatic carbocycles. The fraction of sp³-hybridized carbons (Fsp3) is 0.778. The molecule has 0 aliphatic heterocycles. The number of hydrogen-bond donors (Lipinski definition) is 2. The Bertz CT molecular complexity index is 683. The Balaban J connectivity index is 1.37. The monoisotopic (exact) mass is 398 g/mol. The first kappa shape index (κ1) is 21.2. The van der Waals surface area contributed by atoms with Crippen LogP contribution >= 0.6 is 0 Å². The van der Waals surface area contributed by atoms with Crippen LogP contribution in [0.4, 0.5) is 0 Å². The number of aryl methyl sites for hydroxylation is 1. The third kappa shape index (κ3) is 4.11. The maximum absolute atomic E-state index is 11.3. The largest absolute Gasteiger partial charge is 0.508 e. The third-order valence-electron chi connectivity index (χ3n) is 9.01. The van der Waals surface area contributed by atoms with Gasteiger partial charge in [-0.15, -0.1) is 0 Å². The third-order valence-corrected chi connectivity index (χ3v) is 9.01. The van der Waals surface area contributed by atoms with E-state index < -0.39 is 0 Å². The van der Waals surface area contributed by atoms with E-state index in [1.54, 1.807) is 0 Å². The second-order valence-corrected chi connectivity index (χ2v) is 10.7. The van der Waals surface area contributed by atoms with Crippen LogP contribution in [0.2, 0.25) is 0 Å². The summed E-state index contributed by atoms with van der Waals surface area (Å²) in [5, 5.41) is 21.2. The summed E-state index contributed by atoms with van der Waals surface area (Å²) in [6.07, 6.45) is 16.6. The molecule has 0 amide bonds. The molecule has 2 nitrogen and oxygen atoms in total. The zero-order valence-corrected chi connectivity index (χ0v) is 18.7. The summed E-state index contributed by atoms with van der Waals surface area (Å²) in [5.74, 6) is 2.96. The first-order chi connectivity index (χ1) is 14.0. The molecule has 0 spiro atoms. The molecule has 6 atom stereocenters. The molecule has 1 aromatic rings. The van der Waals surface area contributed by atoms with E-state index in [0.29, 0.717) is 23.5 Å². The molecule has 2 N–H and O–H groups in total. The second-order valence-electron chi connectivity index (χ2n) is 10.7. The summed E-state index contributed by atoms with van der Waals surface area (Å²) >= 11 is 0. The molecule has 3 aliphatic rings. The van der Waals surface area contributed by atoms with Crippen LogP contribution in [-0.4, -0.2) is 16.3 Å². The van der Waals surface area contributed by atoms with Crippen molar-refractivity contribution < 1.29 is 10.2 Å². The second kappa shape index (κ2) is 9.00. The molecule has 0 radical (unpaired) electrons. The zero-order chi connectivity index (χ0) is 20.4. The molecule has 0 aromatic heterocycles. The van der Waals surface area contributed by atoms with Gasteiger partial charge in [0.15, 0.2) is 0 Å². The molecular formula is C27H42O2. The molecule has 4 rings (SSSR count). The molecule has 2 fully saturated rings. The van der Waals surface area contributed by atoms with Crippen molar-refractivity contribution in [2.75, 3.05) is 0 Å². The minimum Gasteiger partial charge on any atom is -0.508 e. The topological polar surface area (TPSA) is 40.5 Å². The standard InChI is InChI=1S/C27H42O2/c1-3-4-5-6-7-8-9-10-20-18-25-24-13-11-19-17-21(28)12-14-22(19)23(24)15-16-27(25,2)26(20)29/h12,14,17,20,23-26,28-29H,3-11,13,15-16,18H2,1-2H3/t20-,23+,24+,25-,26-,27-/m0/s1. The van der Waals surface area contributed by atoms with Crippen molar-refractivity contribution in [3.05, 3.63) is 29.3 Å². The molecule has 0 heterocycles. The molecule has 162 valence electrons. The van der Waals surface area contributed by atoms with E-state index in [1.807, 2.05) is 12.1 Å². The highest BCUT2D eigenvalue weighted by Crippen LogP contribution is 2.62. The number of aromatic hydroxyl groups is 1. The highest BCUT2D eigenvalue weighted by molar-refractivity contribution is 5.40.